The Morgan fingerprint density at radius 3 is 2.59 bits per heavy atom. The molecule has 5 rings (SSSR count). The van der Waals surface area contributed by atoms with Gasteiger partial charge in [-0.2, -0.15) is 0 Å². The molecule has 1 aliphatic rings. The minimum atomic E-state index is -3.36. The summed E-state index contributed by atoms with van der Waals surface area (Å²) in [5.74, 6) is 1.48. The summed E-state index contributed by atoms with van der Waals surface area (Å²) in [6.07, 6.45) is 4.86. The number of hydrogen-bond acceptors (Lipinski definition) is 7. The molecule has 1 N–H and O–H groups in total. The molecule has 0 saturated heterocycles. The number of hydrogen-bond donors (Lipinski definition) is 1. The van der Waals surface area contributed by atoms with E-state index >= 15 is 0 Å². The van der Waals surface area contributed by atoms with Crippen LogP contribution in [0.4, 0.5) is 11.4 Å². The number of methoxy groups -OCH3 is 1. The highest BCUT2D eigenvalue weighted by Gasteiger charge is 2.29. The topological polar surface area (TPSA) is 94.7 Å². The van der Waals surface area contributed by atoms with E-state index in [0.717, 1.165) is 63.6 Å². The Kier molecular flexibility index (Phi) is 7.51. The minimum Gasteiger partial charge on any atom is -0.496 e. The Hall–Kier alpha value is -3.63. The largest absolute Gasteiger partial charge is 0.496 e. The Balaban J connectivity index is 1.46. The third-order valence-corrected chi connectivity index (χ3v) is 8.44. The molecule has 0 saturated carbocycles. The first kappa shape index (κ1) is 27.0. The van der Waals surface area contributed by atoms with Crippen LogP contribution >= 0.6 is 0 Å². The van der Waals surface area contributed by atoms with E-state index in [-0.39, 0.29) is 0 Å². The average molecular weight is 549 g/mol. The van der Waals surface area contributed by atoms with E-state index in [1.807, 2.05) is 30.5 Å². The minimum absolute atomic E-state index is 0.472. The van der Waals surface area contributed by atoms with Gasteiger partial charge in [-0.15, -0.1) is 0 Å². The monoisotopic (exact) mass is 548 g/mol. The highest BCUT2D eigenvalue weighted by Crippen LogP contribution is 2.35. The van der Waals surface area contributed by atoms with Gasteiger partial charge < -0.3 is 19.5 Å². The Bertz CT molecular complexity index is 1600. The first-order chi connectivity index (χ1) is 18.6. The molecule has 0 bridgehead atoms. The Morgan fingerprint density at radius 1 is 1.03 bits per heavy atom. The summed E-state index contributed by atoms with van der Waals surface area (Å²) < 4.78 is 32.3. The van der Waals surface area contributed by atoms with Gasteiger partial charge in [-0.25, -0.2) is 18.4 Å². The molecule has 2 aromatic carbocycles. The van der Waals surface area contributed by atoms with Crippen LogP contribution in [0.2, 0.25) is 0 Å². The Labute approximate surface area is 230 Å². The molecule has 0 unspecified atom stereocenters. The number of sulfonamides is 1. The highest BCUT2D eigenvalue weighted by molar-refractivity contribution is 7.92. The summed E-state index contributed by atoms with van der Waals surface area (Å²) in [6, 6.07) is 14.2. The number of H-pyrrole nitrogens is 1. The van der Waals surface area contributed by atoms with Crippen molar-refractivity contribution in [2.75, 3.05) is 63.3 Å². The third-order valence-electron chi connectivity index (χ3n) is 7.28. The zero-order chi connectivity index (χ0) is 27.7. The number of rotatable bonds is 10. The van der Waals surface area contributed by atoms with Crippen molar-refractivity contribution in [3.8, 4) is 5.75 Å². The summed E-state index contributed by atoms with van der Waals surface area (Å²) >= 11 is 0. The van der Waals surface area contributed by atoms with Gasteiger partial charge in [0.15, 0.2) is 0 Å². The molecule has 0 atom stereocenters. The number of aromatic amines is 1. The number of anilines is 2. The molecule has 3 heterocycles. The van der Waals surface area contributed by atoms with Gasteiger partial charge in [0.05, 0.1) is 24.7 Å². The summed E-state index contributed by atoms with van der Waals surface area (Å²) in [7, 11) is 4.54. The van der Waals surface area contributed by atoms with Crippen molar-refractivity contribution in [2.45, 2.75) is 19.3 Å². The molecule has 2 aromatic heterocycles. The first-order valence-corrected chi connectivity index (χ1v) is 14.9. The molecule has 10 heteroatoms. The van der Waals surface area contributed by atoms with E-state index in [4.69, 9.17) is 14.7 Å². The Morgan fingerprint density at radius 2 is 1.85 bits per heavy atom. The molecule has 0 aliphatic carbocycles. The first-order valence-electron chi connectivity index (χ1n) is 13.1. The second-order valence-corrected chi connectivity index (χ2v) is 12.3. The molecule has 1 aliphatic heterocycles. The van der Waals surface area contributed by atoms with Crippen LogP contribution in [0, 0.1) is 0 Å². The lowest BCUT2D eigenvalue weighted by molar-refractivity contribution is 0.409. The fraction of sp³-hybridized carbons (Fsp3) is 0.379. The highest BCUT2D eigenvalue weighted by atomic mass is 32.2. The third kappa shape index (κ3) is 5.72. The number of benzene rings is 2. The van der Waals surface area contributed by atoms with E-state index in [1.54, 1.807) is 7.11 Å². The molecular weight excluding hydrogens is 512 g/mol. The molecule has 4 aromatic rings. The fourth-order valence-corrected chi connectivity index (χ4v) is 6.18. The number of likely N-dealkylation sites (N-methyl/N-ethyl adjacent to an activating group) is 2. The molecule has 39 heavy (non-hydrogen) atoms. The standard InChI is InChI=1S/C29H36N6O3S/c1-33(2)15-16-34(3)23-10-9-21(26(19-23)38-4)18-27-31-25(24-11-13-30-29(24)32-27)17-22-8-6-7-20-12-14-35(28(20)22)39(5,36)37/h6-11,13,19H,12,14-18H2,1-5H3,(H,30,31,32). The van der Waals surface area contributed by atoms with Crippen molar-refractivity contribution in [1.29, 1.82) is 0 Å². The van der Waals surface area contributed by atoms with Gasteiger partial charge in [-0.3, -0.25) is 4.31 Å². The molecule has 0 radical (unpaired) electrons. The van der Waals surface area contributed by atoms with Crippen molar-refractivity contribution < 1.29 is 13.2 Å². The van der Waals surface area contributed by atoms with Gasteiger partial charge in [-0.05, 0) is 43.8 Å². The van der Waals surface area contributed by atoms with E-state index in [0.29, 0.717) is 31.6 Å². The van der Waals surface area contributed by atoms with E-state index < -0.39 is 10.0 Å². The lowest BCUT2D eigenvalue weighted by atomic mass is 10.0. The summed E-state index contributed by atoms with van der Waals surface area (Å²) in [5, 5.41) is 0.935. The molecular formula is C29H36N6O3S. The maximum Gasteiger partial charge on any atom is 0.232 e. The van der Waals surface area contributed by atoms with Crippen molar-refractivity contribution >= 4 is 32.4 Å². The molecule has 0 fully saturated rings. The number of aromatic nitrogens is 3. The normalized spacial score (nSPS) is 13.3. The van der Waals surface area contributed by atoms with E-state index in [9.17, 15) is 8.42 Å². The zero-order valence-corrected chi connectivity index (χ0v) is 24.0. The van der Waals surface area contributed by atoms with Crippen LogP contribution in [-0.4, -0.2) is 82.4 Å². The van der Waals surface area contributed by atoms with Crippen molar-refractivity contribution in [2.24, 2.45) is 0 Å². The van der Waals surface area contributed by atoms with Gasteiger partial charge in [-0.1, -0.05) is 24.3 Å². The molecule has 0 amide bonds. The quantitative estimate of drug-likeness (QED) is 0.324. The van der Waals surface area contributed by atoms with Crippen LogP contribution in [0.15, 0.2) is 48.7 Å². The van der Waals surface area contributed by atoms with E-state index in [1.165, 1.54) is 10.6 Å². The maximum atomic E-state index is 12.5. The number of ether oxygens (including phenoxy) is 1. The van der Waals surface area contributed by atoms with Crippen molar-refractivity contribution in [3.05, 3.63) is 76.9 Å². The van der Waals surface area contributed by atoms with Crippen molar-refractivity contribution in [3.63, 3.8) is 0 Å². The van der Waals surface area contributed by atoms with Crippen LogP contribution in [0.3, 0.4) is 0 Å². The second-order valence-electron chi connectivity index (χ2n) is 10.4. The molecule has 9 nitrogen and oxygen atoms in total. The van der Waals surface area contributed by atoms with Gasteiger partial charge >= 0.3 is 0 Å². The number of para-hydroxylation sites is 1. The lowest BCUT2D eigenvalue weighted by Gasteiger charge is -2.22. The molecule has 0 spiro atoms. The van der Waals surface area contributed by atoms with Gasteiger partial charge in [0, 0.05) is 68.4 Å². The predicted molar refractivity (Wildman–Crippen MR) is 157 cm³/mol. The van der Waals surface area contributed by atoms with Gasteiger partial charge in [0.25, 0.3) is 0 Å². The predicted octanol–water partition coefficient (Wildman–Crippen LogP) is 3.47. The number of fused-ring (bicyclic) bond motifs is 2. The summed E-state index contributed by atoms with van der Waals surface area (Å²) in [4.78, 5) is 17.4. The second kappa shape index (κ2) is 10.9. The smallest absolute Gasteiger partial charge is 0.232 e. The van der Waals surface area contributed by atoms with Crippen molar-refractivity contribution in [1.82, 2.24) is 19.9 Å². The summed E-state index contributed by atoms with van der Waals surface area (Å²) in [5.41, 5.74) is 6.52. The summed E-state index contributed by atoms with van der Waals surface area (Å²) in [6.45, 7) is 2.34. The van der Waals surface area contributed by atoms with Gasteiger partial charge in [0.2, 0.25) is 10.0 Å². The number of nitrogens with zero attached hydrogens (tertiary/aromatic N) is 5. The van der Waals surface area contributed by atoms with Crippen LogP contribution in [0.25, 0.3) is 11.0 Å². The van der Waals surface area contributed by atoms with Crippen LogP contribution in [0.5, 0.6) is 5.75 Å². The average Bonchev–Trinajstić information content (AvgIpc) is 3.55. The van der Waals surface area contributed by atoms with Gasteiger partial charge in [0.1, 0.15) is 17.2 Å². The molecule has 206 valence electrons. The van der Waals surface area contributed by atoms with E-state index in [2.05, 4.69) is 54.1 Å². The van der Waals surface area contributed by atoms with Crippen LogP contribution in [0.1, 0.15) is 28.2 Å². The fourth-order valence-electron chi connectivity index (χ4n) is 5.19. The SMILES string of the molecule is COc1cc(N(C)CCN(C)C)ccc1Cc1nc(Cc2cccc3c2N(S(C)(=O)=O)CC3)c2cc[nH]c2n1. The maximum absolute atomic E-state index is 12.5. The van der Waals surface area contributed by atoms with Crippen LogP contribution in [-0.2, 0) is 29.3 Å². The lowest BCUT2D eigenvalue weighted by Crippen LogP contribution is -2.28. The zero-order valence-electron chi connectivity index (χ0n) is 23.2. The van der Waals surface area contributed by atoms with Crippen LogP contribution < -0.4 is 13.9 Å². The number of nitrogens with one attached hydrogen (secondary N) is 1.